The van der Waals surface area contributed by atoms with Crippen LogP contribution in [0.5, 0.6) is 0 Å². The van der Waals surface area contributed by atoms with Crippen LogP contribution >= 0.6 is 11.6 Å². The number of ether oxygens (including phenoxy) is 1. The minimum atomic E-state index is -0.334. The molecule has 1 amide bonds. The molecule has 2 aromatic heterocycles. The number of rotatable bonds is 3. The molecule has 7 nitrogen and oxygen atoms in total. The van der Waals surface area contributed by atoms with Gasteiger partial charge < -0.3 is 15.0 Å². The number of amides is 1. The van der Waals surface area contributed by atoms with Crippen LogP contribution in [-0.2, 0) is 18.2 Å². The summed E-state index contributed by atoms with van der Waals surface area (Å²) >= 11 is 6.78. The number of nitrogens with zero attached hydrogens (tertiary/aromatic N) is 4. The van der Waals surface area contributed by atoms with Crippen LogP contribution in [0, 0.1) is 5.92 Å². The standard InChI is InChI=1S/C20H22ClN5O2/c1-11(2)9-28-20(27)26-7-6-13-15(26)5-4-12(17(13)21)14-8-25(3)19-16(14)18(22)23-10-24-19/h4-5,8,10-11H,6-7,9H2,1-3H3,(H2,22,23,24). The number of nitrogens with two attached hydrogens (primary N) is 1. The molecule has 3 heterocycles. The fraction of sp³-hybridized carbons (Fsp3) is 0.350. The highest BCUT2D eigenvalue weighted by Crippen LogP contribution is 2.43. The van der Waals surface area contributed by atoms with Crippen molar-refractivity contribution in [3.63, 3.8) is 0 Å². The van der Waals surface area contributed by atoms with Gasteiger partial charge in [0.15, 0.2) is 0 Å². The zero-order valence-corrected chi connectivity index (χ0v) is 16.8. The summed E-state index contributed by atoms with van der Waals surface area (Å²) in [5.41, 5.74) is 10.3. The van der Waals surface area contributed by atoms with Gasteiger partial charge in [0, 0.05) is 30.9 Å². The van der Waals surface area contributed by atoms with E-state index >= 15 is 0 Å². The molecule has 0 fully saturated rings. The number of carbonyl (C=O) groups is 1. The summed E-state index contributed by atoms with van der Waals surface area (Å²) in [6, 6.07) is 3.83. The van der Waals surface area contributed by atoms with E-state index < -0.39 is 0 Å². The fourth-order valence-electron chi connectivity index (χ4n) is 3.60. The molecule has 1 aromatic carbocycles. The minimum absolute atomic E-state index is 0.288. The van der Waals surface area contributed by atoms with Gasteiger partial charge in [-0.25, -0.2) is 14.8 Å². The first-order valence-corrected chi connectivity index (χ1v) is 9.57. The van der Waals surface area contributed by atoms with E-state index in [1.165, 1.54) is 6.33 Å². The lowest BCUT2D eigenvalue weighted by Crippen LogP contribution is -2.30. The summed E-state index contributed by atoms with van der Waals surface area (Å²) in [6.07, 6.45) is 3.74. The van der Waals surface area contributed by atoms with Gasteiger partial charge in [-0.2, -0.15) is 0 Å². The highest BCUT2D eigenvalue weighted by molar-refractivity contribution is 6.35. The molecular formula is C20H22ClN5O2. The SMILES string of the molecule is CC(C)COC(=O)N1CCc2c1ccc(-c1cn(C)c3ncnc(N)c13)c2Cl. The summed E-state index contributed by atoms with van der Waals surface area (Å²) < 4.78 is 7.29. The average molecular weight is 400 g/mol. The van der Waals surface area contributed by atoms with E-state index in [1.54, 1.807) is 4.90 Å². The van der Waals surface area contributed by atoms with Gasteiger partial charge >= 0.3 is 6.09 Å². The maximum absolute atomic E-state index is 12.4. The number of fused-ring (bicyclic) bond motifs is 2. The summed E-state index contributed by atoms with van der Waals surface area (Å²) in [4.78, 5) is 22.5. The highest BCUT2D eigenvalue weighted by Gasteiger charge is 2.29. The lowest BCUT2D eigenvalue weighted by molar-refractivity contribution is 0.140. The number of aromatic nitrogens is 3. The molecule has 0 saturated heterocycles. The third-order valence-corrected chi connectivity index (χ3v) is 5.36. The van der Waals surface area contributed by atoms with Crippen molar-refractivity contribution in [2.75, 3.05) is 23.8 Å². The molecule has 1 aliphatic heterocycles. The molecule has 146 valence electrons. The summed E-state index contributed by atoms with van der Waals surface area (Å²) in [7, 11) is 1.91. The number of benzene rings is 1. The van der Waals surface area contributed by atoms with Crippen molar-refractivity contribution < 1.29 is 9.53 Å². The molecule has 1 aliphatic rings. The van der Waals surface area contributed by atoms with Crippen LogP contribution in [0.3, 0.4) is 0 Å². The second-order valence-electron chi connectivity index (χ2n) is 7.41. The highest BCUT2D eigenvalue weighted by atomic mass is 35.5. The van der Waals surface area contributed by atoms with Gasteiger partial charge in [-0.3, -0.25) is 4.90 Å². The number of carbonyl (C=O) groups excluding carboxylic acids is 1. The van der Waals surface area contributed by atoms with Crippen LogP contribution in [0.2, 0.25) is 5.02 Å². The number of halogens is 1. The van der Waals surface area contributed by atoms with E-state index in [1.807, 2.05) is 43.8 Å². The van der Waals surface area contributed by atoms with Crippen molar-refractivity contribution in [1.82, 2.24) is 14.5 Å². The Bertz CT molecular complexity index is 1080. The normalized spacial score (nSPS) is 13.4. The Morgan fingerprint density at radius 3 is 2.86 bits per heavy atom. The molecule has 3 aromatic rings. The zero-order valence-electron chi connectivity index (χ0n) is 16.1. The topological polar surface area (TPSA) is 86.3 Å². The van der Waals surface area contributed by atoms with Gasteiger partial charge in [0.2, 0.25) is 0 Å². The first-order chi connectivity index (χ1) is 13.4. The average Bonchev–Trinajstić information content (AvgIpc) is 3.23. The van der Waals surface area contributed by atoms with Crippen molar-refractivity contribution in [1.29, 1.82) is 0 Å². The van der Waals surface area contributed by atoms with Gasteiger partial charge in [0.1, 0.15) is 17.8 Å². The Balaban J connectivity index is 1.75. The first kappa shape index (κ1) is 18.6. The maximum Gasteiger partial charge on any atom is 0.414 e. The number of anilines is 2. The van der Waals surface area contributed by atoms with Crippen molar-refractivity contribution in [2.45, 2.75) is 20.3 Å². The summed E-state index contributed by atoms with van der Waals surface area (Å²) in [6.45, 7) is 4.96. The molecule has 0 bridgehead atoms. The molecule has 0 spiro atoms. The summed E-state index contributed by atoms with van der Waals surface area (Å²) in [5, 5.41) is 1.39. The molecule has 28 heavy (non-hydrogen) atoms. The molecule has 0 radical (unpaired) electrons. The van der Waals surface area contributed by atoms with Crippen molar-refractivity contribution in [3.05, 3.63) is 35.2 Å². The lowest BCUT2D eigenvalue weighted by atomic mass is 10.0. The predicted molar refractivity (Wildman–Crippen MR) is 111 cm³/mol. The van der Waals surface area contributed by atoms with Crippen LogP contribution in [0.1, 0.15) is 19.4 Å². The van der Waals surface area contributed by atoms with Crippen LogP contribution < -0.4 is 10.6 Å². The molecular weight excluding hydrogens is 378 g/mol. The molecule has 0 saturated carbocycles. The van der Waals surface area contributed by atoms with Crippen molar-refractivity contribution in [2.24, 2.45) is 13.0 Å². The number of aryl methyl sites for hydroxylation is 1. The van der Waals surface area contributed by atoms with Crippen LogP contribution in [0.25, 0.3) is 22.2 Å². The third kappa shape index (κ3) is 2.96. The molecule has 4 rings (SSSR count). The number of hydrogen-bond donors (Lipinski definition) is 1. The Kier molecular flexibility index (Phi) is 4.63. The minimum Gasteiger partial charge on any atom is -0.449 e. The molecule has 8 heteroatoms. The van der Waals surface area contributed by atoms with Gasteiger partial charge in [0.05, 0.1) is 22.7 Å². The number of nitrogen functional groups attached to an aromatic ring is 1. The van der Waals surface area contributed by atoms with E-state index in [0.717, 1.165) is 33.4 Å². The zero-order chi connectivity index (χ0) is 20.0. The van der Waals surface area contributed by atoms with Gasteiger partial charge in [-0.1, -0.05) is 31.5 Å². The second kappa shape index (κ2) is 6.98. The quantitative estimate of drug-likeness (QED) is 0.718. The first-order valence-electron chi connectivity index (χ1n) is 9.20. The fourth-order valence-corrected chi connectivity index (χ4v) is 3.95. The van der Waals surface area contributed by atoms with Crippen LogP contribution in [0.4, 0.5) is 16.3 Å². The second-order valence-corrected chi connectivity index (χ2v) is 7.79. The van der Waals surface area contributed by atoms with E-state index in [2.05, 4.69) is 9.97 Å². The Morgan fingerprint density at radius 1 is 1.32 bits per heavy atom. The van der Waals surface area contributed by atoms with Crippen LogP contribution in [-0.4, -0.2) is 33.8 Å². The Morgan fingerprint density at radius 2 is 2.11 bits per heavy atom. The van der Waals surface area contributed by atoms with E-state index in [-0.39, 0.29) is 12.0 Å². The van der Waals surface area contributed by atoms with Crippen molar-refractivity contribution in [3.8, 4) is 11.1 Å². The largest absolute Gasteiger partial charge is 0.449 e. The molecule has 0 atom stereocenters. The smallest absolute Gasteiger partial charge is 0.414 e. The van der Waals surface area contributed by atoms with E-state index in [4.69, 9.17) is 22.1 Å². The van der Waals surface area contributed by atoms with E-state index in [9.17, 15) is 4.79 Å². The van der Waals surface area contributed by atoms with Crippen molar-refractivity contribution >= 4 is 40.2 Å². The molecule has 2 N–H and O–H groups in total. The molecule has 0 unspecified atom stereocenters. The molecule has 0 aliphatic carbocycles. The van der Waals surface area contributed by atoms with Gasteiger partial charge in [0.25, 0.3) is 0 Å². The predicted octanol–water partition coefficient (Wildman–Crippen LogP) is 4.03. The monoisotopic (exact) mass is 399 g/mol. The van der Waals surface area contributed by atoms with E-state index in [0.29, 0.717) is 30.4 Å². The lowest BCUT2D eigenvalue weighted by Gasteiger charge is -2.18. The summed E-state index contributed by atoms with van der Waals surface area (Å²) in [5.74, 6) is 0.701. The number of hydrogen-bond acceptors (Lipinski definition) is 5. The van der Waals surface area contributed by atoms with Gasteiger partial charge in [-0.15, -0.1) is 0 Å². The Hall–Kier alpha value is -2.80. The Labute approximate surface area is 168 Å². The maximum atomic E-state index is 12.4. The van der Waals surface area contributed by atoms with Gasteiger partial charge in [-0.05, 0) is 24.0 Å². The van der Waals surface area contributed by atoms with Crippen LogP contribution in [0.15, 0.2) is 24.7 Å². The third-order valence-electron chi connectivity index (χ3n) is 4.93.